The molecule has 0 spiro atoms. The van der Waals surface area contributed by atoms with Crippen molar-refractivity contribution in [3.63, 3.8) is 0 Å². The predicted octanol–water partition coefficient (Wildman–Crippen LogP) is 1.78. The Balaban J connectivity index is 1.68. The number of nitrogens with zero attached hydrogens (tertiary/aromatic N) is 2. The van der Waals surface area contributed by atoms with E-state index in [9.17, 15) is 0 Å². The molecule has 19 heavy (non-hydrogen) atoms. The van der Waals surface area contributed by atoms with Gasteiger partial charge in [-0.05, 0) is 18.6 Å². The van der Waals surface area contributed by atoms with Crippen molar-refractivity contribution in [1.29, 1.82) is 0 Å². The Kier molecular flexibility index (Phi) is 3.25. The average molecular weight is 257 g/mol. The van der Waals surface area contributed by atoms with Gasteiger partial charge in [-0.3, -0.25) is 0 Å². The maximum absolute atomic E-state index is 6.29. The van der Waals surface area contributed by atoms with Crippen LogP contribution in [0.1, 0.15) is 18.3 Å². The lowest BCUT2D eigenvalue weighted by molar-refractivity contribution is 0.196. The summed E-state index contributed by atoms with van der Waals surface area (Å²) in [5.74, 6) is 2.01. The number of aryl methyl sites for hydroxylation is 1. The Labute approximate surface area is 113 Å². The van der Waals surface area contributed by atoms with Gasteiger partial charge < -0.3 is 15.0 Å². The van der Waals surface area contributed by atoms with Crippen LogP contribution >= 0.6 is 0 Å². The van der Waals surface area contributed by atoms with Crippen LogP contribution in [0, 0.1) is 0 Å². The number of hydrogen-bond acceptors (Lipinski definition) is 3. The molecule has 0 saturated heterocycles. The molecule has 2 unspecified atom stereocenters. The molecule has 1 aliphatic heterocycles. The van der Waals surface area contributed by atoms with Crippen molar-refractivity contribution >= 4 is 0 Å². The Bertz CT molecular complexity index is 539. The van der Waals surface area contributed by atoms with Crippen LogP contribution in [0.4, 0.5) is 0 Å². The fourth-order valence-corrected chi connectivity index (χ4v) is 2.61. The van der Waals surface area contributed by atoms with Crippen LogP contribution < -0.4 is 10.5 Å². The van der Waals surface area contributed by atoms with Gasteiger partial charge in [0.25, 0.3) is 0 Å². The van der Waals surface area contributed by atoms with Gasteiger partial charge in [-0.25, -0.2) is 4.98 Å². The summed E-state index contributed by atoms with van der Waals surface area (Å²) in [4.78, 5) is 4.37. The molecule has 1 aromatic carbocycles. The molecular formula is C15H19N3O. The van der Waals surface area contributed by atoms with E-state index in [1.807, 2.05) is 30.6 Å². The smallest absolute Gasteiger partial charge is 0.123 e. The Morgan fingerprint density at radius 3 is 3.11 bits per heavy atom. The standard InChI is InChI=1S/C15H19N3O/c1-2-18-8-7-17-15(18)10-12(16)14-9-11-5-3-4-6-13(11)19-14/h3-8,12,14H,2,9-10,16H2,1H3. The molecule has 4 heteroatoms. The summed E-state index contributed by atoms with van der Waals surface area (Å²) in [5, 5.41) is 0. The minimum Gasteiger partial charge on any atom is -0.488 e. The van der Waals surface area contributed by atoms with Crippen LogP contribution in [0.2, 0.25) is 0 Å². The van der Waals surface area contributed by atoms with Crippen LogP contribution in [0.5, 0.6) is 5.75 Å². The number of ether oxygens (including phenoxy) is 1. The van der Waals surface area contributed by atoms with Gasteiger partial charge in [-0.1, -0.05) is 18.2 Å². The molecule has 0 aliphatic carbocycles. The molecule has 4 nitrogen and oxygen atoms in total. The highest BCUT2D eigenvalue weighted by Gasteiger charge is 2.28. The van der Waals surface area contributed by atoms with Crippen LogP contribution in [-0.4, -0.2) is 21.7 Å². The number of para-hydroxylation sites is 1. The Morgan fingerprint density at radius 1 is 1.47 bits per heavy atom. The van der Waals surface area contributed by atoms with E-state index in [0.717, 1.165) is 31.0 Å². The van der Waals surface area contributed by atoms with Crippen molar-refractivity contribution < 1.29 is 4.74 Å². The zero-order valence-corrected chi connectivity index (χ0v) is 11.1. The van der Waals surface area contributed by atoms with E-state index in [0.29, 0.717) is 0 Å². The van der Waals surface area contributed by atoms with E-state index in [1.165, 1.54) is 5.56 Å². The van der Waals surface area contributed by atoms with Crippen molar-refractivity contribution in [2.24, 2.45) is 5.73 Å². The zero-order chi connectivity index (χ0) is 13.2. The first-order valence-electron chi connectivity index (χ1n) is 6.78. The third-order valence-corrected chi connectivity index (χ3v) is 3.71. The van der Waals surface area contributed by atoms with Gasteiger partial charge in [-0.2, -0.15) is 0 Å². The van der Waals surface area contributed by atoms with E-state index >= 15 is 0 Å². The Morgan fingerprint density at radius 2 is 2.32 bits per heavy atom. The van der Waals surface area contributed by atoms with Gasteiger partial charge in [0.1, 0.15) is 17.7 Å². The third-order valence-electron chi connectivity index (χ3n) is 3.71. The largest absolute Gasteiger partial charge is 0.488 e. The summed E-state index contributed by atoms with van der Waals surface area (Å²) in [6.07, 6.45) is 5.52. The van der Waals surface area contributed by atoms with E-state index in [4.69, 9.17) is 10.5 Å². The highest BCUT2D eigenvalue weighted by atomic mass is 16.5. The highest BCUT2D eigenvalue weighted by molar-refractivity contribution is 5.37. The first kappa shape index (κ1) is 12.2. The van der Waals surface area contributed by atoms with E-state index in [1.54, 1.807) is 0 Å². The number of imidazole rings is 1. The topological polar surface area (TPSA) is 53.1 Å². The predicted molar refractivity (Wildman–Crippen MR) is 74.1 cm³/mol. The molecule has 0 bridgehead atoms. The lowest BCUT2D eigenvalue weighted by Gasteiger charge is -2.19. The molecule has 0 amide bonds. The summed E-state index contributed by atoms with van der Waals surface area (Å²) in [7, 11) is 0. The zero-order valence-electron chi connectivity index (χ0n) is 11.1. The van der Waals surface area contributed by atoms with Gasteiger partial charge in [0.15, 0.2) is 0 Å². The van der Waals surface area contributed by atoms with Crippen molar-refractivity contribution in [3.8, 4) is 5.75 Å². The second-order valence-electron chi connectivity index (χ2n) is 4.97. The van der Waals surface area contributed by atoms with Crippen molar-refractivity contribution in [2.75, 3.05) is 0 Å². The van der Waals surface area contributed by atoms with Crippen molar-refractivity contribution in [1.82, 2.24) is 9.55 Å². The lowest BCUT2D eigenvalue weighted by atomic mass is 10.0. The molecule has 2 aromatic rings. The maximum Gasteiger partial charge on any atom is 0.123 e. The monoisotopic (exact) mass is 257 g/mol. The number of hydrogen-bond donors (Lipinski definition) is 1. The molecule has 100 valence electrons. The van der Waals surface area contributed by atoms with Gasteiger partial charge in [0.2, 0.25) is 0 Å². The summed E-state index contributed by atoms with van der Waals surface area (Å²) < 4.78 is 8.06. The molecule has 2 atom stereocenters. The summed E-state index contributed by atoms with van der Waals surface area (Å²) in [5.41, 5.74) is 7.55. The van der Waals surface area contributed by atoms with E-state index in [2.05, 4.69) is 22.5 Å². The number of fused-ring (bicyclic) bond motifs is 1. The first-order chi connectivity index (χ1) is 9.28. The Hall–Kier alpha value is -1.81. The fourth-order valence-electron chi connectivity index (χ4n) is 2.61. The van der Waals surface area contributed by atoms with E-state index < -0.39 is 0 Å². The molecule has 1 aliphatic rings. The normalized spacial score (nSPS) is 18.9. The fraction of sp³-hybridized carbons (Fsp3) is 0.400. The highest BCUT2D eigenvalue weighted by Crippen LogP contribution is 2.29. The quantitative estimate of drug-likeness (QED) is 0.908. The van der Waals surface area contributed by atoms with Crippen molar-refractivity contribution in [3.05, 3.63) is 48.0 Å². The van der Waals surface area contributed by atoms with Crippen LogP contribution in [0.25, 0.3) is 0 Å². The SMILES string of the molecule is CCn1ccnc1CC(N)C1Cc2ccccc2O1. The molecular weight excluding hydrogens is 238 g/mol. The van der Waals surface area contributed by atoms with Gasteiger partial charge in [0, 0.05) is 37.8 Å². The first-order valence-corrected chi connectivity index (χ1v) is 6.78. The molecule has 0 radical (unpaired) electrons. The summed E-state index contributed by atoms with van der Waals surface area (Å²) in [6, 6.07) is 8.13. The molecule has 3 rings (SSSR count). The minimum atomic E-state index is -0.0277. The number of aromatic nitrogens is 2. The summed E-state index contributed by atoms with van der Waals surface area (Å²) in [6.45, 7) is 3.03. The number of rotatable bonds is 4. The second kappa shape index (κ2) is 5.05. The van der Waals surface area contributed by atoms with Crippen molar-refractivity contribution in [2.45, 2.75) is 38.5 Å². The van der Waals surface area contributed by atoms with Gasteiger partial charge in [0.05, 0.1) is 0 Å². The van der Waals surface area contributed by atoms with Crippen LogP contribution in [-0.2, 0) is 19.4 Å². The number of benzene rings is 1. The van der Waals surface area contributed by atoms with Crippen LogP contribution in [0.3, 0.4) is 0 Å². The molecule has 2 heterocycles. The average Bonchev–Trinajstić information content (AvgIpc) is 3.03. The van der Waals surface area contributed by atoms with Gasteiger partial charge >= 0.3 is 0 Å². The lowest BCUT2D eigenvalue weighted by Crippen LogP contribution is -2.40. The van der Waals surface area contributed by atoms with Gasteiger partial charge in [-0.15, -0.1) is 0 Å². The van der Waals surface area contributed by atoms with E-state index in [-0.39, 0.29) is 12.1 Å². The minimum absolute atomic E-state index is 0.0277. The molecule has 0 saturated carbocycles. The number of nitrogens with two attached hydrogens (primary N) is 1. The van der Waals surface area contributed by atoms with Crippen LogP contribution in [0.15, 0.2) is 36.7 Å². The second-order valence-corrected chi connectivity index (χ2v) is 4.97. The molecule has 1 aromatic heterocycles. The molecule has 0 fully saturated rings. The maximum atomic E-state index is 6.29. The summed E-state index contributed by atoms with van der Waals surface area (Å²) >= 11 is 0. The third kappa shape index (κ3) is 2.36. The molecule has 2 N–H and O–H groups in total.